The van der Waals surface area contributed by atoms with E-state index in [-0.39, 0.29) is 102 Å². The Kier molecular flexibility index (Phi) is 26.2. The van der Waals surface area contributed by atoms with E-state index < -0.39 is 222 Å². The summed E-state index contributed by atoms with van der Waals surface area (Å²) in [6.45, 7) is -20.2. The molecular weight excluding hydrogens is 1780 g/mol. The zero-order chi connectivity index (χ0) is 85.4. The van der Waals surface area contributed by atoms with Gasteiger partial charge in [-0.25, -0.2) is 29.1 Å². The SMILES string of the molecule is Cc1cn([C@H]2CC(OP([O-])(=S)OC[C@H]3O[C@@H](n4cc(C)c(=O)[nH]c4=O)CC3OP(=O)([S-])OC[C@H]3O[C@@H](n4cnc5c(=O)[nH]c(N)nc54)CC3OP([O-])(=S)OC[C@H]3O[C@@H](n4cnc5c(=O)[nH]c(N)nc54)CC3OP([O-])(=S)OC[C@H]3O[C@@H](n4cc(C)c(=O)[nH]c4=O)CC3OP([O-])(=S)OC[C@@H]3CC[C@H](n4cc(C)c(=O)[nH]c4=O)O3)[C@@H](C)O2)c(=O)nc1N. The predicted molar refractivity (Wildman–Crippen MR) is 419 cm³/mol. The van der Waals surface area contributed by atoms with E-state index in [1.807, 2.05) is 0 Å². The number of nitrogens with two attached hydrogens (primary N) is 3. The number of aromatic amines is 5. The lowest BCUT2D eigenvalue weighted by Crippen LogP contribution is -2.34. The van der Waals surface area contributed by atoms with E-state index in [0.29, 0.717) is 5.56 Å². The summed E-state index contributed by atoms with van der Waals surface area (Å²) in [6, 6.07) is 0. The van der Waals surface area contributed by atoms with Crippen LogP contribution in [0.2, 0.25) is 0 Å². The quantitative estimate of drug-likeness (QED) is 0.0162. The highest BCUT2D eigenvalue weighted by Gasteiger charge is 2.47. The first-order valence-electron chi connectivity index (χ1n) is 35.9. The molecule has 0 aliphatic carbocycles. The normalized spacial score (nSPS) is 29.1. The maximum Gasteiger partial charge on any atom is 0.351 e. The third-order valence-electron chi connectivity index (χ3n) is 19.8. The summed E-state index contributed by atoms with van der Waals surface area (Å²) >= 11 is 27.1. The van der Waals surface area contributed by atoms with E-state index in [1.54, 1.807) is 13.8 Å². The van der Waals surface area contributed by atoms with Gasteiger partial charge in [-0.05, 0) is 47.5 Å². The fourth-order valence-corrected chi connectivity index (χ4v) is 21.3. The molecule has 0 amide bonds. The second kappa shape index (κ2) is 35.2. The topological polar surface area (TPSA) is 662 Å². The molecule has 0 aromatic carbocycles. The molecule has 59 heteroatoms. The third-order valence-corrected chi connectivity index (χ3v) is 27.7. The molecule has 6 fully saturated rings. The Morgan fingerprint density at radius 2 is 0.782 bits per heavy atom. The Labute approximate surface area is 692 Å². The van der Waals surface area contributed by atoms with Crippen molar-refractivity contribution in [3.63, 3.8) is 0 Å². The lowest BCUT2D eigenvalue weighted by Gasteiger charge is -2.36. The molecule has 0 bridgehead atoms. The number of aryl methyl sites for hydroxylation is 4. The molecule has 0 radical (unpaired) electrons. The number of H-pyrrole nitrogens is 5. The van der Waals surface area contributed by atoms with Crippen molar-refractivity contribution in [1.82, 2.24) is 77.2 Å². The minimum absolute atomic E-state index is 0.00692. The zero-order valence-electron chi connectivity index (χ0n) is 62.4. The summed E-state index contributed by atoms with van der Waals surface area (Å²) in [4.78, 5) is 204. The van der Waals surface area contributed by atoms with Gasteiger partial charge in [0.05, 0.1) is 88.4 Å². The summed E-state index contributed by atoms with van der Waals surface area (Å²) in [5.74, 6) is -0.659. The summed E-state index contributed by atoms with van der Waals surface area (Å²) in [6.07, 6.45) is -15.1. The van der Waals surface area contributed by atoms with Gasteiger partial charge in [-0.2, -0.15) is 15.0 Å². The molecule has 14 heterocycles. The van der Waals surface area contributed by atoms with Gasteiger partial charge in [0.15, 0.2) is 29.1 Å². The maximum atomic E-state index is 14.9. The number of anilines is 3. The zero-order valence-corrected chi connectivity index (χ0v) is 71.0. The molecular formula is C60H73N19O30P5S5-5. The van der Waals surface area contributed by atoms with Crippen molar-refractivity contribution in [2.45, 2.75) is 184 Å². The number of aromatic nitrogens is 16. The van der Waals surface area contributed by atoms with Crippen LogP contribution in [0.1, 0.15) is 111 Å². The van der Waals surface area contributed by atoms with Gasteiger partial charge in [0, 0.05) is 79.1 Å². The van der Waals surface area contributed by atoms with Crippen LogP contribution in [0.15, 0.2) is 80.6 Å². The van der Waals surface area contributed by atoms with E-state index in [1.165, 1.54) is 63.8 Å². The van der Waals surface area contributed by atoms with Gasteiger partial charge in [-0.15, -0.1) is 0 Å². The van der Waals surface area contributed by atoms with E-state index in [2.05, 4.69) is 49.8 Å². The first kappa shape index (κ1) is 88.7. The van der Waals surface area contributed by atoms with Crippen LogP contribution < -0.4 is 87.3 Å². The van der Waals surface area contributed by atoms with Gasteiger partial charge in [0.2, 0.25) is 11.9 Å². The van der Waals surface area contributed by atoms with Crippen molar-refractivity contribution < 1.29 is 97.8 Å². The Morgan fingerprint density at radius 1 is 0.437 bits per heavy atom. The highest BCUT2D eigenvalue weighted by molar-refractivity contribution is 8.32. The Morgan fingerprint density at radius 3 is 1.20 bits per heavy atom. The number of imidazole rings is 2. The van der Waals surface area contributed by atoms with Crippen LogP contribution >= 0.6 is 33.7 Å². The number of nitrogens with one attached hydrogen (secondary N) is 5. The highest BCUT2D eigenvalue weighted by Crippen LogP contribution is 2.55. The molecule has 648 valence electrons. The summed E-state index contributed by atoms with van der Waals surface area (Å²) < 4.78 is 117. The maximum absolute atomic E-state index is 14.9. The molecule has 8 aromatic heterocycles. The van der Waals surface area contributed by atoms with Crippen LogP contribution in [0.25, 0.3) is 22.3 Å². The van der Waals surface area contributed by atoms with Crippen LogP contribution in [0, 0.1) is 27.7 Å². The number of nitrogen functional groups attached to an aromatic ring is 3. The molecule has 22 atom stereocenters. The Bertz CT molecular complexity index is 6080. The number of hydrogen-bond donors (Lipinski definition) is 8. The number of hydrogen-bond acceptors (Lipinski definition) is 43. The molecule has 6 aliphatic heterocycles. The van der Waals surface area contributed by atoms with Gasteiger partial charge >= 0.3 is 22.8 Å². The van der Waals surface area contributed by atoms with Crippen LogP contribution in [-0.4, -0.2) is 177 Å². The van der Waals surface area contributed by atoms with Gasteiger partial charge in [-0.3, -0.25) is 80.9 Å². The number of rotatable bonds is 31. The summed E-state index contributed by atoms with van der Waals surface area (Å²) in [7, 11) is 0. The highest BCUT2D eigenvalue weighted by atomic mass is 32.7. The van der Waals surface area contributed by atoms with Crippen LogP contribution in [0.3, 0.4) is 0 Å². The van der Waals surface area contributed by atoms with Crippen LogP contribution in [-0.2, 0) is 138 Å². The minimum atomic E-state index is -4.98. The Balaban J connectivity index is 0.675. The van der Waals surface area contributed by atoms with Gasteiger partial charge < -0.3 is 123 Å². The fourth-order valence-electron chi connectivity index (χ4n) is 13.9. The van der Waals surface area contributed by atoms with Crippen molar-refractivity contribution >= 4 is 133 Å². The molecule has 119 heavy (non-hydrogen) atoms. The van der Waals surface area contributed by atoms with Crippen LogP contribution in [0.5, 0.6) is 0 Å². The summed E-state index contributed by atoms with van der Waals surface area (Å²) in [5.41, 5.74) is 11.1. The van der Waals surface area contributed by atoms with E-state index in [9.17, 15) is 67.3 Å². The largest absolute Gasteiger partial charge is 0.780 e. The molecule has 6 aliphatic rings. The number of nitrogens with zero attached hydrogens (tertiary/aromatic N) is 11. The van der Waals surface area contributed by atoms with Gasteiger partial charge in [0.1, 0.15) is 94.5 Å². The first-order valence-corrected chi connectivity index (χ1v) is 48.7. The molecule has 11 N–H and O–H groups in total. The van der Waals surface area contributed by atoms with E-state index >= 15 is 0 Å². The van der Waals surface area contributed by atoms with Gasteiger partial charge in [0.25, 0.3) is 27.8 Å². The third kappa shape index (κ3) is 20.4. The minimum Gasteiger partial charge on any atom is -0.780 e. The lowest BCUT2D eigenvalue weighted by molar-refractivity contribution is -0.220. The first-order chi connectivity index (χ1) is 56.0. The lowest BCUT2D eigenvalue weighted by atomic mass is 10.2. The molecule has 0 saturated carbocycles. The standard InChI is InChI=1S/C60H78N19O30P5S5/c1-24-13-75(57(85)66-47(24)61)40-8-30(28(5)99-40)105-111(90,116)95-18-35-32(10-42(101-35)77-16-27(4)52(82)73-60(77)88)107-112(91,117)97-20-37-34(12-44(103-37)79-23-65-46-49(79)68-56(63)70-54(46)84)109-114(93,119)98-21-38-33(11-43(104-38)78-22-64-45-48(78)67-55(62)69-53(45)83)108-113(92,118)96-19-36-31(9-41(102-36)76-15-26(3)51(81)72-59(76)87)106-110(89,115)94-17-29-6-7-39(100-29)74-14-25(2)50(80)71-58(74)86/h13-16,22-23,28-44H,6-12,17-21H2,1-5H3,(H,89,115)(H,90,116)(H,91,117)(H,92,118)(H,93,119)(H2,61,66,85)(H,71,80,86)(H,72,81,87)(H,73,82,88)(H3,62,67,69,83)(H3,63,68,70,84)/p-5/t28-,29+,30?,31?,32?,33?,34?,35-,36-,37-,38-,39-,40-,41-,42-,43-,44-,110?,111?,112?,113?,114?/m1/s1. The smallest absolute Gasteiger partial charge is 0.351 e. The molecule has 6 saturated heterocycles. The number of fused-ring (bicyclic) bond motifs is 2. The van der Waals surface area contributed by atoms with Crippen molar-refractivity contribution in [1.29, 1.82) is 0 Å². The van der Waals surface area contributed by atoms with Crippen molar-refractivity contribution in [3.8, 4) is 0 Å². The summed E-state index contributed by atoms with van der Waals surface area (Å²) in [5, 5.41) is 0. The van der Waals surface area contributed by atoms with E-state index in [0.717, 1.165) is 21.8 Å². The average molecular weight is 1860 g/mol. The number of ether oxygens (including phenoxy) is 6. The molecule has 0 spiro atoms. The molecule has 8 aromatic rings. The monoisotopic (exact) mass is 1850 g/mol. The second-order valence-corrected chi connectivity index (χ2v) is 41.7. The van der Waals surface area contributed by atoms with Crippen molar-refractivity contribution in [3.05, 3.63) is 153 Å². The second-order valence-electron chi connectivity index (χ2n) is 28.2. The Hall–Kier alpha value is -6.60. The van der Waals surface area contributed by atoms with Crippen LogP contribution in [0.4, 0.5) is 17.7 Å². The fraction of sp³-hybridized carbons (Fsp3) is 0.567. The average Bonchev–Trinajstić information content (AvgIpc) is 1.63. The van der Waals surface area contributed by atoms with E-state index in [4.69, 9.17) is 150 Å². The molecule has 49 nitrogen and oxygen atoms in total. The molecule has 10 unspecified atom stereocenters. The predicted octanol–water partition coefficient (Wildman–Crippen LogP) is -2.72. The van der Waals surface area contributed by atoms with Crippen molar-refractivity contribution in [2.75, 3.05) is 50.2 Å². The van der Waals surface area contributed by atoms with Crippen molar-refractivity contribution in [2.24, 2.45) is 0 Å². The molecule has 14 rings (SSSR count). The van der Waals surface area contributed by atoms with Gasteiger partial charge in [-0.1, -0.05) is 47.2 Å².